The molecule has 7 aromatic rings. The smallest absolute Gasteiger partial charge is 0.321 e. The normalized spacial score (nSPS) is 15.3. The first-order chi connectivity index (χ1) is 37.4. The third-order valence-electron chi connectivity index (χ3n) is 13.5. The van der Waals surface area contributed by atoms with Crippen molar-refractivity contribution in [1.82, 2.24) is 53.6 Å². The highest BCUT2D eigenvalue weighted by Crippen LogP contribution is 2.37. The molecule has 0 radical (unpaired) electrons. The number of allylic oxidation sites excluding steroid dienone is 2. The van der Waals surface area contributed by atoms with Crippen LogP contribution in [0.5, 0.6) is 11.5 Å². The lowest BCUT2D eigenvalue weighted by Crippen LogP contribution is -2.51. The summed E-state index contributed by atoms with van der Waals surface area (Å²) in [4.78, 5) is 115. The topological polar surface area (TPSA) is 360 Å². The number of fused-ring (bicyclic) bond motifs is 4. The van der Waals surface area contributed by atoms with Crippen molar-refractivity contribution >= 4 is 92.1 Å². The standard InChI is InChI=1S/C51H57N15O11S/c1-6-33-42(77-26(4)57-33)48(71)60-51-58-34-17-29(44(54)70)18-35(75-5)41(34)65(51)13-9-8-12-64-40-30(31-21-55-45(59-46(31)64)47-56-25(3)61-66(47)7-2)16-28(43(53)69)19-36(40)76-15-11-27-22-62(23-27)38(67)10-14-63-39(68)20-37(49(63)72)78-24-32(52)50(73)74/h8-9,16-19,21,27,32,37H,6-7,10-15,20,22-24,52H2,1-5H3,(H2,53,69)(H2,54,70)(H,73,74)(H,58,60,71)/b9-8+/t32-,37?/m0/s1. The minimum absolute atomic E-state index is 0.0308. The number of carbonyl (C=O) groups is 7. The number of nitrogens with two attached hydrogens (primary N) is 3. The van der Waals surface area contributed by atoms with Gasteiger partial charge in [0.2, 0.25) is 41.2 Å². The van der Waals surface area contributed by atoms with Gasteiger partial charge >= 0.3 is 5.97 Å². The highest BCUT2D eigenvalue weighted by Gasteiger charge is 2.40. The fraction of sp³-hybridized carbons (Fsp3) is 0.392. The number of ether oxygens (including phenoxy) is 2. The van der Waals surface area contributed by atoms with Gasteiger partial charge in [-0.25, -0.2) is 29.6 Å². The van der Waals surface area contributed by atoms with Gasteiger partial charge in [0.25, 0.3) is 5.91 Å². The number of thioether (sulfide) groups is 1. The summed E-state index contributed by atoms with van der Waals surface area (Å²) in [6, 6.07) is 5.09. The van der Waals surface area contributed by atoms with Crippen LogP contribution in [0.1, 0.15) is 81.8 Å². The average Bonchev–Trinajstić information content (AvgIpc) is 4.29. The molecule has 2 atom stereocenters. The van der Waals surface area contributed by atoms with Crippen LogP contribution in [-0.2, 0) is 45.2 Å². The molecule has 78 heavy (non-hydrogen) atoms. The Morgan fingerprint density at radius 2 is 1.65 bits per heavy atom. The molecule has 26 nitrogen and oxygen atoms in total. The van der Waals surface area contributed by atoms with E-state index in [4.69, 9.17) is 51.2 Å². The number of oxazole rings is 1. The zero-order valence-electron chi connectivity index (χ0n) is 43.3. The van der Waals surface area contributed by atoms with Crippen LogP contribution < -0.4 is 32.0 Å². The van der Waals surface area contributed by atoms with E-state index < -0.39 is 46.8 Å². The summed E-state index contributed by atoms with van der Waals surface area (Å²) in [6.07, 6.45) is 6.21. The van der Waals surface area contributed by atoms with E-state index in [-0.39, 0.29) is 85.2 Å². The largest absolute Gasteiger partial charge is 0.494 e. The Morgan fingerprint density at radius 1 is 0.936 bits per heavy atom. The second kappa shape index (κ2) is 22.5. The predicted molar refractivity (Wildman–Crippen MR) is 283 cm³/mol. The molecule has 408 valence electrons. The first kappa shape index (κ1) is 54.1. The molecule has 0 saturated carbocycles. The number of anilines is 1. The van der Waals surface area contributed by atoms with E-state index in [9.17, 15) is 33.6 Å². The number of likely N-dealkylation sites (tertiary alicyclic amines) is 2. The molecule has 1 unspecified atom stereocenters. The number of methoxy groups -OCH3 is 1. The molecule has 8 N–H and O–H groups in total. The molecule has 2 saturated heterocycles. The van der Waals surface area contributed by atoms with Crippen molar-refractivity contribution in [2.75, 3.05) is 44.4 Å². The van der Waals surface area contributed by atoms with E-state index in [1.807, 2.05) is 30.6 Å². The van der Waals surface area contributed by atoms with Crippen molar-refractivity contribution in [2.45, 2.75) is 84.3 Å². The highest BCUT2D eigenvalue weighted by molar-refractivity contribution is 8.00. The lowest BCUT2D eigenvalue weighted by Gasteiger charge is -2.39. The third kappa shape index (κ3) is 10.8. The van der Waals surface area contributed by atoms with Gasteiger partial charge in [-0.3, -0.25) is 43.8 Å². The van der Waals surface area contributed by atoms with E-state index in [1.165, 1.54) is 19.2 Å². The number of nitrogens with zero attached hydrogens (tertiary/aromatic N) is 11. The second-order valence-corrected chi connectivity index (χ2v) is 20.0. The number of amides is 6. The van der Waals surface area contributed by atoms with Crippen LogP contribution in [0.15, 0.2) is 47.0 Å². The fourth-order valence-corrected chi connectivity index (χ4v) is 10.6. The molecule has 2 aliphatic heterocycles. The number of carboxylic acids is 1. The average molecular weight is 1090 g/mol. The Kier molecular flexibility index (Phi) is 15.6. The van der Waals surface area contributed by atoms with Crippen molar-refractivity contribution in [1.29, 1.82) is 0 Å². The lowest BCUT2D eigenvalue weighted by molar-refractivity contribution is -0.142. The molecule has 2 aliphatic rings. The molecule has 5 aromatic heterocycles. The van der Waals surface area contributed by atoms with Gasteiger partial charge in [-0.15, -0.1) is 11.8 Å². The van der Waals surface area contributed by atoms with E-state index in [0.717, 1.165) is 16.7 Å². The number of carboxylic acid groups (broad SMARTS) is 1. The van der Waals surface area contributed by atoms with E-state index in [0.29, 0.717) is 100 Å². The molecule has 9 rings (SSSR count). The number of rotatable bonds is 23. The highest BCUT2D eigenvalue weighted by atomic mass is 32.2. The number of aryl methyl sites for hydroxylation is 4. The van der Waals surface area contributed by atoms with Crippen LogP contribution in [0, 0.1) is 19.8 Å². The molecule has 7 heterocycles. The number of primary amides is 2. The minimum Gasteiger partial charge on any atom is -0.494 e. The van der Waals surface area contributed by atoms with Gasteiger partial charge in [-0.05, 0) is 56.9 Å². The summed E-state index contributed by atoms with van der Waals surface area (Å²) in [6.45, 7) is 8.97. The number of aromatic nitrogens is 9. The summed E-state index contributed by atoms with van der Waals surface area (Å²) >= 11 is 1.02. The van der Waals surface area contributed by atoms with Crippen LogP contribution in [0.4, 0.5) is 5.95 Å². The Balaban J connectivity index is 0.975. The maximum atomic E-state index is 13.7. The molecular formula is C51H57N15O11S. The molecular weight excluding hydrogens is 1030 g/mol. The summed E-state index contributed by atoms with van der Waals surface area (Å²) < 4.78 is 23.3. The summed E-state index contributed by atoms with van der Waals surface area (Å²) in [5, 5.41) is 16.9. The van der Waals surface area contributed by atoms with Gasteiger partial charge in [-0.1, -0.05) is 19.1 Å². The Hall–Kier alpha value is -8.72. The van der Waals surface area contributed by atoms with Gasteiger partial charge in [0.05, 0.1) is 35.7 Å². The number of imide groups is 1. The number of carbonyl (C=O) groups excluding carboxylic acids is 6. The first-order valence-corrected chi connectivity index (χ1v) is 26.1. The maximum Gasteiger partial charge on any atom is 0.321 e. The Bertz CT molecular complexity index is 3590. The van der Waals surface area contributed by atoms with Gasteiger partial charge in [-0.2, -0.15) is 5.10 Å². The number of hydrogen-bond acceptors (Lipinski definition) is 18. The van der Waals surface area contributed by atoms with Crippen LogP contribution in [0.2, 0.25) is 0 Å². The monoisotopic (exact) mass is 1090 g/mol. The van der Waals surface area contributed by atoms with Crippen molar-refractivity contribution in [3.8, 4) is 23.1 Å². The quantitative estimate of drug-likeness (QED) is 0.0454. The molecule has 2 fully saturated rings. The minimum atomic E-state index is -1.20. The lowest BCUT2D eigenvalue weighted by atomic mass is 9.96. The molecule has 0 bridgehead atoms. The van der Waals surface area contributed by atoms with E-state index in [2.05, 4.69) is 20.4 Å². The molecule has 0 spiro atoms. The van der Waals surface area contributed by atoms with Crippen LogP contribution in [-0.4, -0.2) is 151 Å². The Morgan fingerprint density at radius 3 is 2.35 bits per heavy atom. The van der Waals surface area contributed by atoms with Gasteiger partial charge in [0.1, 0.15) is 34.5 Å². The number of hydrogen-bond donors (Lipinski definition) is 5. The van der Waals surface area contributed by atoms with Crippen molar-refractivity contribution < 1.29 is 52.6 Å². The molecule has 0 aliphatic carbocycles. The maximum absolute atomic E-state index is 13.7. The molecule has 6 amide bonds. The van der Waals surface area contributed by atoms with Crippen LogP contribution >= 0.6 is 11.8 Å². The summed E-state index contributed by atoms with van der Waals surface area (Å²) in [5.74, 6) is -1.85. The summed E-state index contributed by atoms with van der Waals surface area (Å²) in [7, 11) is 1.44. The van der Waals surface area contributed by atoms with Gasteiger partial charge in [0, 0.05) is 92.9 Å². The van der Waals surface area contributed by atoms with E-state index >= 15 is 0 Å². The summed E-state index contributed by atoms with van der Waals surface area (Å²) in [5.41, 5.74) is 19.8. The number of aliphatic carboxylic acids is 1. The zero-order valence-corrected chi connectivity index (χ0v) is 44.2. The van der Waals surface area contributed by atoms with Crippen molar-refractivity contribution in [3.63, 3.8) is 0 Å². The second-order valence-electron chi connectivity index (χ2n) is 18.7. The Labute approximate surface area is 448 Å². The zero-order chi connectivity index (χ0) is 55.7. The van der Waals surface area contributed by atoms with Gasteiger partial charge in [0.15, 0.2) is 17.5 Å². The van der Waals surface area contributed by atoms with E-state index in [1.54, 1.807) is 46.3 Å². The van der Waals surface area contributed by atoms with Crippen LogP contribution in [0.3, 0.4) is 0 Å². The molecule has 2 aromatic carbocycles. The number of imidazole rings is 1. The van der Waals surface area contributed by atoms with Crippen molar-refractivity contribution in [2.24, 2.45) is 23.1 Å². The third-order valence-corrected chi connectivity index (χ3v) is 14.8. The first-order valence-electron chi connectivity index (χ1n) is 25.1. The number of benzene rings is 2. The van der Waals surface area contributed by atoms with Gasteiger partial charge < -0.3 is 50.2 Å². The predicted octanol–water partition coefficient (Wildman–Crippen LogP) is 2.98. The number of nitrogens with one attached hydrogen (secondary N) is 1. The van der Waals surface area contributed by atoms with Crippen molar-refractivity contribution in [3.05, 3.63) is 76.9 Å². The fourth-order valence-electron chi connectivity index (χ4n) is 9.52. The van der Waals surface area contributed by atoms with Crippen LogP contribution in [0.25, 0.3) is 44.6 Å². The SMILES string of the molecule is CCc1nc(C)oc1C(=O)Nc1nc2cc(C(N)=O)cc(OC)c2n1C/C=C/Cn1c2nc(-c3nc(C)nn3CC)ncc2c2cc(C(N)=O)cc(OCCC3CN(C(=O)CCN4C(=O)CC(SC[C@H](N)C(=O)O)C4=O)C3)c21. The molecule has 27 heteroatoms.